The Morgan fingerprint density at radius 2 is 0.969 bits per heavy atom. The molecule has 2 aliphatic rings. The van der Waals surface area contributed by atoms with Crippen molar-refractivity contribution < 1.29 is 69.0 Å². The van der Waals surface area contributed by atoms with E-state index in [0.29, 0.717) is 13.0 Å². The summed E-state index contributed by atoms with van der Waals surface area (Å²) < 4.78 is 34.1. The molecule has 0 aromatic rings. The molecule has 65 heavy (non-hydrogen) atoms. The van der Waals surface area contributed by atoms with Crippen LogP contribution in [0.1, 0.15) is 168 Å². The molecule has 0 saturated carbocycles. The van der Waals surface area contributed by atoms with E-state index in [0.717, 1.165) is 44.9 Å². The predicted molar refractivity (Wildman–Crippen MR) is 252 cm³/mol. The smallest absolute Gasteiger partial charge is 0.306 e. The van der Waals surface area contributed by atoms with E-state index >= 15 is 0 Å². The minimum atomic E-state index is -1.72. The summed E-state index contributed by atoms with van der Waals surface area (Å²) >= 11 is 0. The fourth-order valence-corrected chi connectivity index (χ4v) is 7.77. The van der Waals surface area contributed by atoms with Gasteiger partial charge in [0.05, 0.1) is 26.4 Å². The zero-order valence-corrected chi connectivity index (χ0v) is 40.0. The van der Waals surface area contributed by atoms with Crippen molar-refractivity contribution in [3.8, 4) is 0 Å². The number of ether oxygens (including phenoxy) is 6. The van der Waals surface area contributed by atoms with Gasteiger partial charge in [-0.1, -0.05) is 172 Å². The highest BCUT2D eigenvalue weighted by Gasteiger charge is 2.47. The van der Waals surface area contributed by atoms with E-state index in [-0.39, 0.29) is 19.6 Å². The summed E-state index contributed by atoms with van der Waals surface area (Å²) in [4.78, 5) is 12.9. The van der Waals surface area contributed by atoms with Gasteiger partial charge < -0.3 is 64.2 Å². The molecule has 2 saturated heterocycles. The van der Waals surface area contributed by atoms with Crippen LogP contribution in [0.3, 0.4) is 0 Å². The monoisotopic (exact) mass is 927 g/mol. The number of unbranched alkanes of at least 4 members (excludes halogenated alkanes) is 17. The van der Waals surface area contributed by atoms with Crippen LogP contribution in [0.5, 0.6) is 0 Å². The van der Waals surface area contributed by atoms with Gasteiger partial charge in [0.1, 0.15) is 54.9 Å². The molecule has 11 atom stereocenters. The van der Waals surface area contributed by atoms with E-state index in [1.807, 2.05) is 12.2 Å². The summed E-state index contributed by atoms with van der Waals surface area (Å²) in [5.41, 5.74) is 0. The number of carbonyl (C=O) groups is 1. The zero-order chi connectivity index (χ0) is 47.3. The first-order chi connectivity index (χ1) is 31.6. The molecule has 14 heteroatoms. The van der Waals surface area contributed by atoms with Crippen molar-refractivity contribution in [3.63, 3.8) is 0 Å². The van der Waals surface area contributed by atoms with E-state index in [9.17, 15) is 40.5 Å². The third-order valence-electron chi connectivity index (χ3n) is 11.9. The minimum Gasteiger partial charge on any atom is -0.457 e. The highest BCUT2D eigenvalue weighted by Crippen LogP contribution is 2.26. The molecule has 14 nitrogen and oxygen atoms in total. The molecule has 2 rings (SSSR count). The van der Waals surface area contributed by atoms with Crippen LogP contribution in [0.25, 0.3) is 0 Å². The molecule has 0 amide bonds. The number of aliphatic hydroxyl groups is 7. The summed E-state index contributed by atoms with van der Waals surface area (Å²) in [6.07, 6.45) is 27.7. The maximum Gasteiger partial charge on any atom is 0.306 e. The quantitative estimate of drug-likeness (QED) is 0.0185. The van der Waals surface area contributed by atoms with Crippen LogP contribution in [0.2, 0.25) is 0 Å². The minimum absolute atomic E-state index is 0.0340. The van der Waals surface area contributed by atoms with Crippen LogP contribution in [0.4, 0.5) is 0 Å². The molecular weight excluding hydrogens is 837 g/mol. The average Bonchev–Trinajstić information content (AvgIpc) is 3.30. The molecule has 0 aromatic carbocycles. The number of esters is 1. The lowest BCUT2D eigenvalue weighted by Crippen LogP contribution is -2.61. The van der Waals surface area contributed by atoms with Gasteiger partial charge in [0.15, 0.2) is 12.6 Å². The molecule has 11 unspecified atom stereocenters. The largest absolute Gasteiger partial charge is 0.457 e. The standard InChI is InChI=1S/C51H90O14/c1-3-5-7-9-11-13-15-17-18-19-20-21-23-25-27-29-31-33-35-60-37-40(63-43(53)34-32-30-28-26-24-22-16-14-12-10-8-6-4-2)38-61-50-49(59)47(57)45(55)42(65-50)39-62-51-48(58)46(56)44(54)41(36-52)64-51/h6,8,12,14,22,24,28,30,40-42,44-52,54-59H,3-5,7,9-11,13,15-21,23,25-27,29,31-39H2,1-2H3/b8-6-,14-12-,24-22-,30-28-. The first-order valence-corrected chi connectivity index (χ1v) is 25.2. The van der Waals surface area contributed by atoms with Crippen molar-refractivity contribution in [1.82, 2.24) is 0 Å². The average molecular weight is 927 g/mol. The third-order valence-corrected chi connectivity index (χ3v) is 11.9. The predicted octanol–water partition coefficient (Wildman–Crippen LogP) is 7.18. The summed E-state index contributed by atoms with van der Waals surface area (Å²) in [7, 11) is 0. The Kier molecular flexibility index (Phi) is 35.3. The lowest BCUT2D eigenvalue weighted by atomic mass is 9.98. The van der Waals surface area contributed by atoms with Crippen molar-refractivity contribution in [2.45, 2.75) is 235 Å². The van der Waals surface area contributed by atoms with Crippen molar-refractivity contribution in [3.05, 3.63) is 48.6 Å². The summed E-state index contributed by atoms with van der Waals surface area (Å²) in [5.74, 6) is -0.454. The molecule has 0 bridgehead atoms. The molecule has 2 fully saturated rings. The highest BCUT2D eigenvalue weighted by molar-refractivity contribution is 5.69. The second-order valence-corrected chi connectivity index (χ2v) is 17.6. The van der Waals surface area contributed by atoms with Gasteiger partial charge in [-0.2, -0.15) is 0 Å². The Hall–Kier alpha value is -2.05. The molecule has 2 aliphatic heterocycles. The maximum absolute atomic E-state index is 12.9. The Bertz CT molecular complexity index is 1260. The van der Waals surface area contributed by atoms with Crippen LogP contribution in [0, 0.1) is 0 Å². The van der Waals surface area contributed by atoms with Crippen LogP contribution < -0.4 is 0 Å². The molecule has 378 valence electrons. The topological polar surface area (TPSA) is 214 Å². The molecule has 7 N–H and O–H groups in total. The van der Waals surface area contributed by atoms with Crippen LogP contribution in [0.15, 0.2) is 48.6 Å². The Labute approximate surface area is 391 Å². The van der Waals surface area contributed by atoms with Gasteiger partial charge in [0, 0.05) is 13.0 Å². The third kappa shape index (κ3) is 26.9. The number of allylic oxidation sites excluding steroid dienone is 8. The molecule has 0 spiro atoms. The zero-order valence-electron chi connectivity index (χ0n) is 40.0. The van der Waals surface area contributed by atoms with Gasteiger partial charge >= 0.3 is 5.97 Å². The number of hydrogen-bond acceptors (Lipinski definition) is 14. The van der Waals surface area contributed by atoms with Crippen LogP contribution >= 0.6 is 0 Å². The lowest BCUT2D eigenvalue weighted by molar-refractivity contribution is -0.332. The van der Waals surface area contributed by atoms with E-state index in [4.69, 9.17) is 28.4 Å². The van der Waals surface area contributed by atoms with Crippen molar-refractivity contribution >= 4 is 5.97 Å². The number of hydrogen-bond donors (Lipinski definition) is 7. The fraction of sp³-hybridized carbons (Fsp3) is 0.824. The van der Waals surface area contributed by atoms with E-state index in [1.54, 1.807) is 0 Å². The van der Waals surface area contributed by atoms with E-state index in [2.05, 4.69) is 50.3 Å². The van der Waals surface area contributed by atoms with Crippen molar-refractivity contribution in [2.24, 2.45) is 0 Å². The van der Waals surface area contributed by atoms with Gasteiger partial charge in [-0.25, -0.2) is 0 Å². The number of carbonyl (C=O) groups excluding carboxylic acids is 1. The number of rotatable bonds is 39. The van der Waals surface area contributed by atoms with Crippen molar-refractivity contribution in [1.29, 1.82) is 0 Å². The second-order valence-electron chi connectivity index (χ2n) is 17.6. The Balaban J connectivity index is 1.78. The molecule has 0 aromatic heterocycles. The van der Waals surface area contributed by atoms with Gasteiger partial charge in [-0.3, -0.25) is 4.79 Å². The highest BCUT2D eigenvalue weighted by atomic mass is 16.7. The molecular formula is C51H90O14. The SMILES string of the molecule is CC/C=C\C/C=C\C/C=C\C/C=C\CCC(=O)OC(COCCCCCCCCCCCCCCCCCCCC)COC1OC(COC2OC(CO)C(O)C(O)C2O)C(O)C(O)C1O. The fourth-order valence-electron chi connectivity index (χ4n) is 7.77. The van der Waals surface area contributed by atoms with Gasteiger partial charge in [0.25, 0.3) is 0 Å². The van der Waals surface area contributed by atoms with E-state index in [1.165, 1.54) is 96.3 Å². The maximum atomic E-state index is 12.9. The Morgan fingerprint density at radius 1 is 0.523 bits per heavy atom. The first-order valence-electron chi connectivity index (χ1n) is 25.2. The molecule has 2 heterocycles. The molecule has 0 radical (unpaired) electrons. The normalized spacial score (nSPS) is 26.9. The number of aliphatic hydroxyl groups excluding tert-OH is 7. The van der Waals surface area contributed by atoms with Crippen LogP contribution in [-0.4, -0.2) is 142 Å². The summed E-state index contributed by atoms with van der Waals surface area (Å²) in [6.45, 7) is 3.48. The Morgan fingerprint density at radius 3 is 1.48 bits per heavy atom. The summed E-state index contributed by atoms with van der Waals surface area (Å²) in [6, 6.07) is 0. The summed E-state index contributed by atoms with van der Waals surface area (Å²) in [5, 5.41) is 72.0. The van der Waals surface area contributed by atoms with Gasteiger partial charge in [0.2, 0.25) is 0 Å². The first kappa shape index (κ1) is 59.1. The van der Waals surface area contributed by atoms with Crippen molar-refractivity contribution in [2.75, 3.05) is 33.0 Å². The van der Waals surface area contributed by atoms with Gasteiger partial charge in [-0.05, 0) is 38.5 Å². The lowest BCUT2D eigenvalue weighted by Gasteiger charge is -2.42. The van der Waals surface area contributed by atoms with E-state index < -0.39 is 86.7 Å². The second kappa shape index (κ2) is 38.9. The van der Waals surface area contributed by atoms with Crippen LogP contribution in [-0.2, 0) is 33.2 Å². The molecule has 0 aliphatic carbocycles. The van der Waals surface area contributed by atoms with Gasteiger partial charge in [-0.15, -0.1) is 0 Å².